The number of urea groups is 1. The molecule has 1 saturated heterocycles. The number of aromatic nitrogens is 5. The molecule has 14 heteroatoms. The number of ether oxygens (including phenoxy) is 2. The molecule has 0 bridgehead atoms. The van der Waals surface area contributed by atoms with E-state index in [1.807, 2.05) is 37.3 Å². The summed E-state index contributed by atoms with van der Waals surface area (Å²) < 4.78 is 39.3. The van der Waals surface area contributed by atoms with Gasteiger partial charge in [-0.1, -0.05) is 18.2 Å². The van der Waals surface area contributed by atoms with Gasteiger partial charge in [0.2, 0.25) is 5.95 Å². The van der Waals surface area contributed by atoms with Crippen molar-refractivity contribution in [1.29, 1.82) is 0 Å². The van der Waals surface area contributed by atoms with Crippen LogP contribution in [-0.2, 0) is 9.57 Å². The molecule has 0 spiro atoms. The summed E-state index contributed by atoms with van der Waals surface area (Å²) in [5, 5.41) is 12.1. The first-order valence-electron chi connectivity index (χ1n) is 12.7. The summed E-state index contributed by atoms with van der Waals surface area (Å²) in [6, 6.07) is 9.36. The van der Waals surface area contributed by atoms with Crippen LogP contribution in [0.3, 0.4) is 0 Å². The Kier molecular flexibility index (Phi) is 8.42. The number of anilines is 1. The van der Waals surface area contributed by atoms with E-state index in [1.165, 1.54) is 13.3 Å². The molecule has 0 radical (unpaired) electrons. The Morgan fingerprint density at radius 1 is 1.12 bits per heavy atom. The second-order valence-corrected chi connectivity index (χ2v) is 9.18. The molecule has 1 aliphatic heterocycles. The van der Waals surface area contributed by atoms with E-state index in [1.54, 1.807) is 29.2 Å². The van der Waals surface area contributed by atoms with Crippen LogP contribution < -0.4 is 15.4 Å². The molecule has 41 heavy (non-hydrogen) atoms. The quantitative estimate of drug-likeness (QED) is 0.293. The third-order valence-electron chi connectivity index (χ3n) is 6.47. The summed E-state index contributed by atoms with van der Waals surface area (Å²) in [5.41, 5.74) is 2.86. The lowest BCUT2D eigenvalue weighted by atomic mass is 10.0. The Labute approximate surface area is 234 Å². The summed E-state index contributed by atoms with van der Waals surface area (Å²) in [7, 11) is 3.03. The molecule has 2 N–H and O–H groups in total. The number of hydroxylamine groups is 2. The van der Waals surface area contributed by atoms with Gasteiger partial charge < -0.3 is 14.8 Å². The summed E-state index contributed by atoms with van der Waals surface area (Å²) in [6.45, 7) is 2.86. The largest absolute Gasteiger partial charge is 0.467 e. The minimum Gasteiger partial charge on any atom is -0.467 e. The number of rotatable bonds is 9. The van der Waals surface area contributed by atoms with Gasteiger partial charge in [-0.15, -0.1) is 0 Å². The molecule has 3 aromatic heterocycles. The van der Waals surface area contributed by atoms with Gasteiger partial charge in [0.15, 0.2) is 5.82 Å². The summed E-state index contributed by atoms with van der Waals surface area (Å²) in [6.07, 6.45) is 3.55. The number of methoxy groups -OCH3 is 2. The average molecular weight is 567 g/mol. The number of hydrogen-bond donors (Lipinski definition) is 2. The fraction of sp³-hybridized carbons (Fsp3) is 0.296. The zero-order chi connectivity index (χ0) is 28.9. The topological polar surface area (TPSA) is 129 Å². The van der Waals surface area contributed by atoms with Gasteiger partial charge in [0.25, 0.3) is 0 Å². The van der Waals surface area contributed by atoms with Crippen molar-refractivity contribution in [1.82, 2.24) is 35.1 Å². The monoisotopic (exact) mass is 566 g/mol. The lowest BCUT2D eigenvalue weighted by Gasteiger charge is -2.19. The van der Waals surface area contributed by atoms with Gasteiger partial charge in [-0.2, -0.15) is 14.6 Å². The summed E-state index contributed by atoms with van der Waals surface area (Å²) >= 11 is 0. The van der Waals surface area contributed by atoms with Gasteiger partial charge in [0, 0.05) is 55.5 Å². The standard InChI is InChI=1S/C27H28F2N8O4/c1-16-22(18-13-31-27(40-3)32-14-18)35-37(19-7-5-4-6-8-19)25(16)34-26(38)33-21-15-36(9-10-39-2)41-23(21)17-11-20(28)24(29)30-12-17/h4-8,11-14,21,23H,9-10,15H2,1-3H3,(H2,33,34,38)/t21?,23-/m1/s1. The third-order valence-corrected chi connectivity index (χ3v) is 6.47. The Morgan fingerprint density at radius 3 is 2.56 bits per heavy atom. The van der Waals surface area contributed by atoms with E-state index < -0.39 is 29.9 Å². The Balaban J connectivity index is 1.42. The van der Waals surface area contributed by atoms with E-state index in [4.69, 9.17) is 19.4 Å². The van der Waals surface area contributed by atoms with Crippen LogP contribution in [0.25, 0.3) is 16.9 Å². The molecule has 4 aromatic rings. The van der Waals surface area contributed by atoms with Crippen LogP contribution in [-0.4, -0.2) is 75.8 Å². The van der Waals surface area contributed by atoms with Crippen LogP contribution in [0.4, 0.5) is 19.4 Å². The first-order chi connectivity index (χ1) is 19.9. The first kappa shape index (κ1) is 28.0. The van der Waals surface area contributed by atoms with Gasteiger partial charge >= 0.3 is 12.0 Å². The van der Waals surface area contributed by atoms with E-state index in [0.29, 0.717) is 41.5 Å². The zero-order valence-corrected chi connectivity index (χ0v) is 22.5. The van der Waals surface area contributed by atoms with Crippen LogP contribution in [0.1, 0.15) is 17.2 Å². The lowest BCUT2D eigenvalue weighted by molar-refractivity contribution is -0.154. The van der Waals surface area contributed by atoms with E-state index in [9.17, 15) is 13.6 Å². The second-order valence-electron chi connectivity index (χ2n) is 9.18. The number of halogens is 2. The number of nitrogens with zero attached hydrogens (tertiary/aromatic N) is 6. The maximum Gasteiger partial charge on any atom is 0.320 e. The van der Waals surface area contributed by atoms with Crippen molar-refractivity contribution in [2.24, 2.45) is 0 Å². The van der Waals surface area contributed by atoms with E-state index in [0.717, 1.165) is 6.07 Å². The number of pyridine rings is 1. The molecule has 1 unspecified atom stereocenters. The molecular weight excluding hydrogens is 538 g/mol. The highest BCUT2D eigenvalue weighted by molar-refractivity contribution is 5.91. The maximum atomic E-state index is 14.0. The molecule has 1 fully saturated rings. The molecule has 2 amide bonds. The highest BCUT2D eigenvalue weighted by Crippen LogP contribution is 2.32. The molecule has 214 valence electrons. The highest BCUT2D eigenvalue weighted by Gasteiger charge is 2.37. The Hall–Kier alpha value is -4.53. The molecule has 1 aliphatic rings. The maximum absolute atomic E-state index is 14.0. The van der Waals surface area contributed by atoms with Gasteiger partial charge in [-0.25, -0.2) is 28.8 Å². The van der Waals surface area contributed by atoms with Gasteiger partial charge in [0.05, 0.1) is 25.4 Å². The van der Waals surface area contributed by atoms with Crippen molar-refractivity contribution in [3.63, 3.8) is 0 Å². The number of carbonyl (C=O) groups is 1. The smallest absolute Gasteiger partial charge is 0.320 e. The molecular formula is C27H28F2N8O4. The predicted octanol–water partition coefficient (Wildman–Crippen LogP) is 3.44. The zero-order valence-electron chi connectivity index (χ0n) is 22.5. The van der Waals surface area contributed by atoms with Crippen molar-refractivity contribution in [3.05, 3.63) is 77.9 Å². The highest BCUT2D eigenvalue weighted by atomic mass is 19.2. The molecule has 1 aromatic carbocycles. The lowest BCUT2D eigenvalue weighted by Crippen LogP contribution is -2.42. The van der Waals surface area contributed by atoms with Crippen LogP contribution in [0.2, 0.25) is 0 Å². The first-order valence-corrected chi connectivity index (χ1v) is 12.7. The third kappa shape index (κ3) is 6.14. The number of hydrogen-bond acceptors (Lipinski definition) is 9. The number of benzene rings is 1. The normalized spacial score (nSPS) is 17.0. The summed E-state index contributed by atoms with van der Waals surface area (Å²) in [4.78, 5) is 31.1. The Morgan fingerprint density at radius 2 is 1.88 bits per heavy atom. The van der Waals surface area contributed by atoms with Crippen molar-refractivity contribution in [2.75, 3.05) is 39.2 Å². The van der Waals surface area contributed by atoms with E-state index in [-0.39, 0.29) is 18.1 Å². The van der Waals surface area contributed by atoms with E-state index >= 15 is 0 Å². The predicted molar refractivity (Wildman–Crippen MR) is 143 cm³/mol. The minimum absolute atomic E-state index is 0.218. The summed E-state index contributed by atoms with van der Waals surface area (Å²) in [5.74, 6) is -1.91. The van der Waals surface area contributed by atoms with Gasteiger partial charge in [-0.3, -0.25) is 10.2 Å². The molecule has 2 atom stereocenters. The van der Waals surface area contributed by atoms with Crippen LogP contribution >= 0.6 is 0 Å². The van der Waals surface area contributed by atoms with Crippen LogP contribution in [0.15, 0.2) is 55.0 Å². The molecule has 5 rings (SSSR count). The van der Waals surface area contributed by atoms with Crippen molar-refractivity contribution < 1.29 is 27.9 Å². The van der Waals surface area contributed by atoms with Crippen LogP contribution in [0, 0.1) is 18.7 Å². The SMILES string of the molecule is COCCN1CC(NC(=O)Nc2c(C)c(-c3cnc(OC)nc3)nn2-c2ccccc2)[C@@H](c2cnc(F)c(F)c2)O1. The molecule has 0 aliphatic carbocycles. The van der Waals surface area contributed by atoms with Crippen molar-refractivity contribution in [3.8, 4) is 23.0 Å². The van der Waals surface area contributed by atoms with Crippen molar-refractivity contribution >= 4 is 11.8 Å². The molecule has 12 nitrogen and oxygen atoms in total. The average Bonchev–Trinajstić information content (AvgIpc) is 3.54. The van der Waals surface area contributed by atoms with Gasteiger partial charge in [-0.05, 0) is 25.1 Å². The minimum atomic E-state index is -1.21. The van der Waals surface area contributed by atoms with Crippen LogP contribution in [0.5, 0.6) is 6.01 Å². The fourth-order valence-corrected chi connectivity index (χ4v) is 4.46. The molecule has 0 saturated carbocycles. The molecule has 4 heterocycles. The number of nitrogens with one attached hydrogen (secondary N) is 2. The van der Waals surface area contributed by atoms with Gasteiger partial charge in [0.1, 0.15) is 17.6 Å². The van der Waals surface area contributed by atoms with Crippen molar-refractivity contribution in [2.45, 2.75) is 19.1 Å². The Bertz CT molecular complexity index is 1500. The number of carbonyl (C=O) groups excluding carboxylic acids is 1. The fourth-order valence-electron chi connectivity index (χ4n) is 4.46. The second kappa shape index (κ2) is 12.3. The number of para-hydroxylation sites is 1. The number of amides is 2. The van der Waals surface area contributed by atoms with E-state index in [2.05, 4.69) is 25.6 Å².